The van der Waals surface area contributed by atoms with E-state index in [2.05, 4.69) is 10.6 Å². The van der Waals surface area contributed by atoms with Gasteiger partial charge >= 0.3 is 5.97 Å². The van der Waals surface area contributed by atoms with E-state index < -0.39 is 0 Å². The highest BCUT2D eigenvalue weighted by Gasteiger charge is 2.19. The van der Waals surface area contributed by atoms with Crippen LogP contribution in [0, 0.1) is 6.92 Å². The second kappa shape index (κ2) is 8.09. The first kappa shape index (κ1) is 18.1. The molecular weight excluding hydrogens is 359 g/mol. The Morgan fingerprint density at radius 3 is 2.84 bits per heavy atom. The second-order valence-corrected chi connectivity index (χ2v) is 6.90. The fourth-order valence-corrected chi connectivity index (χ4v) is 3.29. The van der Waals surface area contributed by atoms with E-state index in [1.54, 1.807) is 24.3 Å². The van der Waals surface area contributed by atoms with Crippen molar-refractivity contribution in [1.82, 2.24) is 5.32 Å². The molecule has 0 aliphatic carbocycles. The maximum Gasteiger partial charge on any atom is 0.340 e. The summed E-state index contributed by atoms with van der Waals surface area (Å²) in [5.41, 5.74) is 2.55. The number of rotatable bonds is 5. The summed E-state index contributed by atoms with van der Waals surface area (Å²) in [5, 5.41) is 7.52. The van der Waals surface area contributed by atoms with Gasteiger partial charge in [0, 0.05) is 6.04 Å². The van der Waals surface area contributed by atoms with Crippen LogP contribution in [-0.2, 0) is 4.74 Å². The molecule has 0 radical (unpaired) electrons. The van der Waals surface area contributed by atoms with Gasteiger partial charge in [0.1, 0.15) is 6.61 Å². The molecule has 3 rings (SSSR count). The van der Waals surface area contributed by atoms with Gasteiger partial charge in [0.2, 0.25) is 0 Å². The highest BCUT2D eigenvalue weighted by molar-refractivity contribution is 6.39. The topological polar surface area (TPSA) is 50.4 Å². The van der Waals surface area contributed by atoms with Crippen LogP contribution in [0.1, 0.15) is 28.8 Å². The van der Waals surface area contributed by atoms with Crippen LogP contribution in [0.15, 0.2) is 36.4 Å². The Morgan fingerprint density at radius 1 is 1.28 bits per heavy atom. The number of anilines is 2. The van der Waals surface area contributed by atoms with Gasteiger partial charge in [-0.25, -0.2) is 4.79 Å². The number of carbonyl (C=O) groups is 1. The molecule has 25 heavy (non-hydrogen) atoms. The predicted molar refractivity (Wildman–Crippen MR) is 102 cm³/mol. The zero-order valence-corrected chi connectivity index (χ0v) is 15.5. The van der Waals surface area contributed by atoms with Crippen molar-refractivity contribution in [1.29, 1.82) is 0 Å². The lowest BCUT2D eigenvalue weighted by Crippen LogP contribution is -2.28. The number of halogens is 2. The molecule has 0 bridgehead atoms. The average molecular weight is 379 g/mol. The van der Waals surface area contributed by atoms with E-state index in [1.165, 1.54) is 0 Å². The molecule has 0 spiro atoms. The second-order valence-electron chi connectivity index (χ2n) is 6.12. The van der Waals surface area contributed by atoms with E-state index in [-0.39, 0.29) is 12.0 Å². The van der Waals surface area contributed by atoms with Gasteiger partial charge in [-0.1, -0.05) is 41.4 Å². The smallest absolute Gasteiger partial charge is 0.340 e. The molecule has 0 amide bonds. The first-order chi connectivity index (χ1) is 12.1. The fourth-order valence-electron chi connectivity index (χ4n) is 2.83. The monoisotopic (exact) mass is 378 g/mol. The molecule has 6 heteroatoms. The molecule has 4 nitrogen and oxygen atoms in total. The summed E-state index contributed by atoms with van der Waals surface area (Å²) in [6.45, 7) is 3.25. The first-order valence-electron chi connectivity index (χ1n) is 8.27. The van der Waals surface area contributed by atoms with E-state index in [4.69, 9.17) is 27.9 Å². The van der Waals surface area contributed by atoms with Crippen molar-refractivity contribution < 1.29 is 9.53 Å². The third-order valence-corrected chi connectivity index (χ3v) is 5.07. The predicted octanol–water partition coefficient (Wildman–Crippen LogP) is 4.95. The van der Waals surface area contributed by atoms with Gasteiger partial charge in [-0.15, -0.1) is 0 Å². The third-order valence-electron chi connectivity index (χ3n) is 4.27. The highest BCUT2D eigenvalue weighted by Crippen LogP contribution is 2.36. The Kier molecular flexibility index (Phi) is 5.84. The van der Waals surface area contributed by atoms with Gasteiger partial charge in [-0.05, 0) is 50.1 Å². The molecule has 1 unspecified atom stereocenters. The van der Waals surface area contributed by atoms with Crippen LogP contribution in [0.3, 0.4) is 0 Å². The Balaban J connectivity index is 1.79. The SMILES string of the molecule is Cc1ccc(Cl)c(Nc2ccccc2C(=O)OCC2CCCN2)c1Cl. The van der Waals surface area contributed by atoms with Gasteiger partial charge in [0.15, 0.2) is 0 Å². The van der Waals surface area contributed by atoms with Crippen LogP contribution in [0.5, 0.6) is 0 Å². The minimum atomic E-state index is -0.364. The van der Waals surface area contributed by atoms with Crippen LogP contribution in [0.25, 0.3) is 0 Å². The molecule has 0 aromatic heterocycles. The molecule has 2 N–H and O–H groups in total. The number of esters is 1. The fraction of sp³-hybridized carbons (Fsp3) is 0.316. The highest BCUT2D eigenvalue weighted by atomic mass is 35.5. The van der Waals surface area contributed by atoms with Gasteiger partial charge < -0.3 is 15.4 Å². The molecule has 1 heterocycles. The molecule has 132 valence electrons. The zero-order chi connectivity index (χ0) is 17.8. The molecule has 0 saturated carbocycles. The summed E-state index contributed by atoms with van der Waals surface area (Å²) in [6, 6.07) is 11.0. The van der Waals surface area contributed by atoms with E-state index in [0.717, 1.165) is 24.9 Å². The Bertz CT molecular complexity index is 774. The lowest BCUT2D eigenvalue weighted by Gasteiger charge is -2.16. The van der Waals surface area contributed by atoms with Crippen molar-refractivity contribution in [3.63, 3.8) is 0 Å². The average Bonchev–Trinajstić information content (AvgIpc) is 3.14. The van der Waals surface area contributed by atoms with Gasteiger partial charge in [-0.2, -0.15) is 0 Å². The maximum absolute atomic E-state index is 12.5. The molecule has 1 fully saturated rings. The van der Waals surface area contributed by atoms with E-state index >= 15 is 0 Å². The summed E-state index contributed by atoms with van der Waals surface area (Å²) in [5.74, 6) is -0.364. The lowest BCUT2D eigenvalue weighted by atomic mass is 10.1. The lowest BCUT2D eigenvalue weighted by molar-refractivity contribution is 0.0474. The Labute approximate surface area is 157 Å². The largest absolute Gasteiger partial charge is 0.460 e. The number of aryl methyl sites for hydroxylation is 1. The van der Waals surface area contributed by atoms with Crippen LogP contribution in [0.2, 0.25) is 10.0 Å². The molecule has 1 aliphatic heterocycles. The van der Waals surface area contributed by atoms with Gasteiger partial charge in [-0.3, -0.25) is 0 Å². The standard InChI is InChI=1S/C19H20Cl2N2O2/c1-12-8-9-15(20)18(17(12)21)23-16-7-3-2-6-14(16)19(24)25-11-13-5-4-10-22-13/h2-3,6-9,13,22-23H,4-5,10-11H2,1H3. The van der Waals surface area contributed by atoms with Crippen molar-refractivity contribution in [3.8, 4) is 0 Å². The zero-order valence-electron chi connectivity index (χ0n) is 13.9. The minimum Gasteiger partial charge on any atom is -0.460 e. The molecular formula is C19H20Cl2N2O2. The third kappa shape index (κ3) is 4.27. The van der Waals surface area contributed by atoms with Crippen LogP contribution < -0.4 is 10.6 Å². The van der Waals surface area contributed by atoms with E-state index in [0.29, 0.717) is 33.6 Å². The molecule has 1 saturated heterocycles. The molecule has 1 atom stereocenters. The summed E-state index contributed by atoms with van der Waals surface area (Å²) >= 11 is 12.6. The number of nitrogens with one attached hydrogen (secondary N) is 2. The quantitative estimate of drug-likeness (QED) is 0.722. The first-order valence-corrected chi connectivity index (χ1v) is 9.03. The number of hydrogen-bond acceptors (Lipinski definition) is 4. The summed E-state index contributed by atoms with van der Waals surface area (Å²) in [4.78, 5) is 12.5. The molecule has 2 aromatic carbocycles. The van der Waals surface area contributed by atoms with E-state index in [9.17, 15) is 4.79 Å². The van der Waals surface area contributed by atoms with Crippen molar-refractivity contribution in [2.24, 2.45) is 0 Å². The van der Waals surface area contributed by atoms with Crippen LogP contribution >= 0.6 is 23.2 Å². The molecule has 2 aromatic rings. The van der Waals surface area contributed by atoms with Crippen molar-refractivity contribution >= 4 is 40.5 Å². The van der Waals surface area contributed by atoms with E-state index in [1.807, 2.05) is 19.1 Å². The number of para-hydroxylation sites is 1. The number of benzene rings is 2. The van der Waals surface area contributed by atoms with Crippen LogP contribution in [0.4, 0.5) is 11.4 Å². The summed E-state index contributed by atoms with van der Waals surface area (Å²) in [6.07, 6.45) is 2.15. The maximum atomic E-state index is 12.5. The normalized spacial score (nSPS) is 16.7. The van der Waals surface area contributed by atoms with Crippen molar-refractivity contribution in [3.05, 3.63) is 57.6 Å². The summed E-state index contributed by atoms with van der Waals surface area (Å²) < 4.78 is 5.47. The Hall–Kier alpha value is -1.75. The van der Waals surface area contributed by atoms with Crippen molar-refractivity contribution in [2.45, 2.75) is 25.8 Å². The molecule has 1 aliphatic rings. The number of ether oxygens (including phenoxy) is 1. The van der Waals surface area contributed by atoms with Crippen LogP contribution in [-0.4, -0.2) is 25.2 Å². The minimum absolute atomic E-state index is 0.240. The van der Waals surface area contributed by atoms with Gasteiger partial charge in [0.05, 0.1) is 27.0 Å². The Morgan fingerprint density at radius 2 is 2.08 bits per heavy atom. The van der Waals surface area contributed by atoms with Crippen molar-refractivity contribution in [2.75, 3.05) is 18.5 Å². The van der Waals surface area contributed by atoms with Gasteiger partial charge in [0.25, 0.3) is 0 Å². The summed E-state index contributed by atoms with van der Waals surface area (Å²) in [7, 11) is 0. The number of carbonyl (C=O) groups excluding carboxylic acids is 1. The number of hydrogen-bond donors (Lipinski definition) is 2.